The van der Waals surface area contributed by atoms with Gasteiger partial charge >= 0.3 is 5.97 Å². The van der Waals surface area contributed by atoms with Gasteiger partial charge in [-0.1, -0.05) is 25.3 Å². The van der Waals surface area contributed by atoms with Gasteiger partial charge in [-0.05, 0) is 42.9 Å². The first-order valence-electron chi connectivity index (χ1n) is 9.65. The number of aromatic nitrogens is 3. The Hall–Kier alpha value is -2.56. The summed E-state index contributed by atoms with van der Waals surface area (Å²) in [5.41, 5.74) is 4.03. The van der Waals surface area contributed by atoms with Crippen LogP contribution in [-0.4, -0.2) is 25.2 Å². The summed E-state index contributed by atoms with van der Waals surface area (Å²) in [5.74, 6) is 0.717. The molecule has 1 aliphatic heterocycles. The van der Waals surface area contributed by atoms with Gasteiger partial charge in [0.1, 0.15) is 0 Å². The SMILES string of the molecule is O=C(O)c1ccc2c(C3CCCCC3)c3n(c2c1)CCCn1ccnc1-3. The summed E-state index contributed by atoms with van der Waals surface area (Å²) in [5, 5.41) is 10.7. The number of nitrogens with zero attached hydrogens (tertiary/aromatic N) is 3. The Bertz CT molecular complexity index is 992. The molecular formula is C21H23N3O2. The zero-order valence-electron chi connectivity index (χ0n) is 14.8. The first kappa shape index (κ1) is 15.7. The summed E-state index contributed by atoms with van der Waals surface area (Å²) in [7, 11) is 0. The van der Waals surface area contributed by atoms with Crippen LogP contribution in [0.4, 0.5) is 0 Å². The van der Waals surface area contributed by atoms with Crippen molar-refractivity contribution >= 4 is 16.9 Å². The third-order valence-corrected chi connectivity index (χ3v) is 6.07. The van der Waals surface area contributed by atoms with Gasteiger partial charge in [0.25, 0.3) is 0 Å². The molecule has 1 fully saturated rings. The van der Waals surface area contributed by atoms with Crippen molar-refractivity contribution in [2.75, 3.05) is 0 Å². The average molecular weight is 349 g/mol. The van der Waals surface area contributed by atoms with Crippen LogP contribution in [-0.2, 0) is 13.1 Å². The second-order valence-corrected chi connectivity index (χ2v) is 7.58. The van der Waals surface area contributed by atoms with Gasteiger partial charge in [-0.2, -0.15) is 0 Å². The summed E-state index contributed by atoms with van der Waals surface area (Å²) in [6.45, 7) is 1.87. The fourth-order valence-electron chi connectivity index (χ4n) is 4.89. The molecule has 1 aliphatic carbocycles. The molecule has 3 heterocycles. The fraction of sp³-hybridized carbons (Fsp3) is 0.429. The van der Waals surface area contributed by atoms with Gasteiger partial charge in [0.15, 0.2) is 5.82 Å². The lowest BCUT2D eigenvalue weighted by molar-refractivity contribution is 0.0697. The normalized spacial score (nSPS) is 17.7. The van der Waals surface area contributed by atoms with E-state index in [2.05, 4.69) is 15.3 Å². The van der Waals surface area contributed by atoms with Crippen molar-refractivity contribution in [1.29, 1.82) is 0 Å². The lowest BCUT2D eigenvalue weighted by atomic mass is 9.82. The van der Waals surface area contributed by atoms with E-state index in [1.54, 1.807) is 6.07 Å². The van der Waals surface area contributed by atoms with E-state index in [4.69, 9.17) is 4.98 Å². The van der Waals surface area contributed by atoms with Crippen LogP contribution in [0.25, 0.3) is 22.4 Å². The van der Waals surface area contributed by atoms with Crippen molar-refractivity contribution in [1.82, 2.24) is 14.1 Å². The first-order chi connectivity index (χ1) is 12.7. The molecule has 0 spiro atoms. The number of hydrogen-bond donors (Lipinski definition) is 1. The molecule has 2 aromatic heterocycles. The van der Waals surface area contributed by atoms with Gasteiger partial charge in [0.05, 0.1) is 11.3 Å². The molecule has 0 saturated heterocycles. The minimum absolute atomic E-state index is 0.362. The number of hydrogen-bond acceptors (Lipinski definition) is 2. The smallest absolute Gasteiger partial charge is 0.335 e. The predicted octanol–water partition coefficient (Wildman–Crippen LogP) is 4.65. The molecule has 0 radical (unpaired) electrons. The molecule has 0 amide bonds. The lowest BCUT2D eigenvalue weighted by Crippen LogP contribution is -2.07. The van der Waals surface area contributed by atoms with E-state index in [1.165, 1.54) is 48.7 Å². The van der Waals surface area contributed by atoms with E-state index >= 15 is 0 Å². The highest BCUT2D eigenvalue weighted by atomic mass is 16.4. The number of aromatic carboxylic acids is 1. The largest absolute Gasteiger partial charge is 0.478 e. The van der Waals surface area contributed by atoms with Crippen LogP contribution in [0, 0.1) is 0 Å². The maximum atomic E-state index is 11.5. The minimum Gasteiger partial charge on any atom is -0.478 e. The molecule has 3 aromatic rings. The Kier molecular flexibility index (Phi) is 3.62. The molecule has 0 unspecified atom stereocenters. The Labute approximate surface area is 152 Å². The Morgan fingerprint density at radius 1 is 1.12 bits per heavy atom. The molecule has 1 saturated carbocycles. The van der Waals surface area contributed by atoms with Crippen molar-refractivity contribution < 1.29 is 9.90 Å². The first-order valence-corrected chi connectivity index (χ1v) is 9.65. The second-order valence-electron chi connectivity index (χ2n) is 7.58. The maximum absolute atomic E-state index is 11.5. The van der Waals surface area contributed by atoms with Crippen LogP contribution in [0.5, 0.6) is 0 Å². The van der Waals surface area contributed by atoms with Crippen LogP contribution in [0.3, 0.4) is 0 Å². The zero-order valence-corrected chi connectivity index (χ0v) is 14.8. The van der Waals surface area contributed by atoms with E-state index in [-0.39, 0.29) is 0 Å². The molecular weight excluding hydrogens is 326 g/mol. The van der Waals surface area contributed by atoms with Crippen LogP contribution >= 0.6 is 0 Å². The van der Waals surface area contributed by atoms with Gasteiger partial charge < -0.3 is 14.2 Å². The monoisotopic (exact) mass is 349 g/mol. The highest BCUT2D eigenvalue weighted by Crippen LogP contribution is 2.44. The summed E-state index contributed by atoms with van der Waals surface area (Å²) in [6.07, 6.45) is 11.3. The Morgan fingerprint density at radius 3 is 2.77 bits per heavy atom. The van der Waals surface area contributed by atoms with Crippen molar-refractivity contribution in [3.05, 3.63) is 41.7 Å². The number of carboxylic acid groups (broad SMARTS) is 1. The van der Waals surface area contributed by atoms with Crippen LogP contribution < -0.4 is 0 Å². The summed E-state index contributed by atoms with van der Waals surface area (Å²) in [6, 6.07) is 5.63. The number of fused-ring (bicyclic) bond motifs is 5. The molecule has 5 nitrogen and oxygen atoms in total. The highest BCUT2D eigenvalue weighted by Gasteiger charge is 2.29. The molecule has 2 aliphatic rings. The second kappa shape index (κ2) is 6.01. The van der Waals surface area contributed by atoms with Crippen LogP contribution in [0.1, 0.15) is 60.4 Å². The standard InChI is InChI=1S/C21H23N3O2/c25-21(26)15-7-8-16-17(13-15)24-11-4-10-23-12-9-22-20(23)19(24)18(16)14-5-2-1-3-6-14/h7-9,12-14H,1-6,10-11H2,(H,25,26). The third-order valence-electron chi connectivity index (χ3n) is 6.07. The van der Waals surface area contributed by atoms with Crippen molar-refractivity contribution in [3.63, 3.8) is 0 Å². The topological polar surface area (TPSA) is 60.0 Å². The maximum Gasteiger partial charge on any atom is 0.335 e. The number of imidazole rings is 1. The summed E-state index contributed by atoms with van der Waals surface area (Å²) < 4.78 is 4.58. The molecule has 26 heavy (non-hydrogen) atoms. The van der Waals surface area contributed by atoms with E-state index in [9.17, 15) is 9.90 Å². The van der Waals surface area contributed by atoms with E-state index in [1.807, 2.05) is 18.3 Å². The number of carboxylic acids is 1. The number of rotatable bonds is 2. The summed E-state index contributed by atoms with van der Waals surface area (Å²) >= 11 is 0. The zero-order chi connectivity index (χ0) is 17.7. The van der Waals surface area contributed by atoms with Gasteiger partial charge in [-0.15, -0.1) is 0 Å². The van der Waals surface area contributed by atoms with E-state index < -0.39 is 5.97 Å². The molecule has 1 N–H and O–H groups in total. The van der Waals surface area contributed by atoms with Crippen LogP contribution in [0.2, 0.25) is 0 Å². The molecule has 0 bridgehead atoms. The van der Waals surface area contributed by atoms with Crippen molar-refractivity contribution in [2.45, 2.75) is 57.5 Å². The highest BCUT2D eigenvalue weighted by molar-refractivity contribution is 5.97. The Balaban J connectivity index is 1.83. The fourth-order valence-corrected chi connectivity index (χ4v) is 4.89. The summed E-state index contributed by atoms with van der Waals surface area (Å²) in [4.78, 5) is 16.2. The van der Waals surface area contributed by atoms with Crippen molar-refractivity contribution in [3.8, 4) is 11.5 Å². The number of benzene rings is 1. The van der Waals surface area contributed by atoms with Crippen molar-refractivity contribution in [2.24, 2.45) is 0 Å². The van der Waals surface area contributed by atoms with Gasteiger partial charge in [0.2, 0.25) is 0 Å². The lowest BCUT2D eigenvalue weighted by Gasteiger charge is -2.23. The number of aryl methyl sites for hydroxylation is 2. The minimum atomic E-state index is -0.864. The van der Waals surface area contributed by atoms with Gasteiger partial charge in [-0.25, -0.2) is 9.78 Å². The molecule has 5 rings (SSSR count). The van der Waals surface area contributed by atoms with E-state index in [0.29, 0.717) is 11.5 Å². The van der Waals surface area contributed by atoms with E-state index in [0.717, 1.165) is 30.9 Å². The van der Waals surface area contributed by atoms with Gasteiger partial charge in [-0.3, -0.25) is 0 Å². The third kappa shape index (κ3) is 2.30. The molecule has 134 valence electrons. The predicted molar refractivity (Wildman–Crippen MR) is 101 cm³/mol. The van der Waals surface area contributed by atoms with Crippen LogP contribution in [0.15, 0.2) is 30.6 Å². The van der Waals surface area contributed by atoms with Gasteiger partial charge in [0, 0.05) is 36.4 Å². The molecule has 5 heteroatoms. The molecule has 0 atom stereocenters. The average Bonchev–Trinajstić information content (AvgIpc) is 3.20. The quantitative estimate of drug-likeness (QED) is 0.732. The Morgan fingerprint density at radius 2 is 1.96 bits per heavy atom. The number of carbonyl (C=O) groups is 1. The molecule has 1 aromatic carbocycles.